The zero-order valence-electron chi connectivity index (χ0n) is 15.5. The molecular formula is C17H22N4O5S. The van der Waals surface area contributed by atoms with Crippen molar-refractivity contribution in [3.8, 4) is 0 Å². The molecule has 1 fully saturated rings. The number of carbonyl (C=O) groups is 1. The lowest BCUT2D eigenvalue weighted by Gasteiger charge is -2.18. The molecule has 0 saturated carbocycles. The summed E-state index contributed by atoms with van der Waals surface area (Å²) in [4.78, 5) is 42.1. The number of carbonyl (C=O) groups excluding carboxylic acids is 1. The molecule has 10 heteroatoms. The van der Waals surface area contributed by atoms with Gasteiger partial charge in [0.1, 0.15) is 10.7 Å². The largest absolute Gasteiger partial charge is 0.466 e. The van der Waals surface area contributed by atoms with Crippen LogP contribution >= 0.6 is 11.3 Å². The van der Waals surface area contributed by atoms with Crippen molar-refractivity contribution in [3.05, 3.63) is 43.2 Å². The van der Waals surface area contributed by atoms with Gasteiger partial charge in [-0.25, -0.2) is 9.59 Å². The highest BCUT2D eigenvalue weighted by atomic mass is 32.1. The number of aromatic amines is 1. The molecule has 0 radical (unpaired) electrons. The summed E-state index contributed by atoms with van der Waals surface area (Å²) < 4.78 is 11.3. The number of thiophene rings is 1. The predicted octanol–water partition coefficient (Wildman–Crippen LogP) is 0.126. The summed E-state index contributed by atoms with van der Waals surface area (Å²) in [6.45, 7) is 4.58. The van der Waals surface area contributed by atoms with Gasteiger partial charge in [-0.3, -0.25) is 14.3 Å². The van der Waals surface area contributed by atoms with Gasteiger partial charge < -0.3 is 19.7 Å². The Balaban J connectivity index is 2.01. The number of nitrogens with one attached hydrogen (secondary N) is 2. The van der Waals surface area contributed by atoms with E-state index in [9.17, 15) is 14.4 Å². The molecule has 0 aromatic carbocycles. The number of nitrogens with zero attached hydrogens (tertiary/aromatic N) is 2. The molecule has 27 heavy (non-hydrogen) atoms. The van der Waals surface area contributed by atoms with Gasteiger partial charge in [0.15, 0.2) is 0 Å². The minimum atomic E-state index is -0.438. The van der Waals surface area contributed by atoms with E-state index in [1.165, 1.54) is 29.1 Å². The van der Waals surface area contributed by atoms with Crippen molar-refractivity contribution in [2.24, 2.45) is 0 Å². The summed E-state index contributed by atoms with van der Waals surface area (Å²) >= 11 is 1.42. The minimum Gasteiger partial charge on any atom is -0.466 e. The Labute approximate surface area is 159 Å². The number of rotatable bonds is 6. The SMILES string of the molecule is COCCn1c(=O)[nH]c(=O)c2c(C)c(CN3CCN/C3=C\C(=O)OC)sc21. The van der Waals surface area contributed by atoms with Crippen LogP contribution in [0.2, 0.25) is 0 Å². The second kappa shape index (κ2) is 7.97. The number of hydrogen-bond donors (Lipinski definition) is 2. The predicted molar refractivity (Wildman–Crippen MR) is 102 cm³/mol. The first-order valence-electron chi connectivity index (χ1n) is 8.48. The number of aryl methyl sites for hydroxylation is 1. The third-order valence-electron chi connectivity index (χ3n) is 4.50. The topological polar surface area (TPSA) is 106 Å². The molecule has 0 spiro atoms. The van der Waals surface area contributed by atoms with E-state index in [2.05, 4.69) is 15.0 Å². The Morgan fingerprint density at radius 3 is 2.81 bits per heavy atom. The summed E-state index contributed by atoms with van der Waals surface area (Å²) in [6, 6.07) is 0. The summed E-state index contributed by atoms with van der Waals surface area (Å²) in [5, 5.41) is 3.68. The molecular weight excluding hydrogens is 372 g/mol. The summed E-state index contributed by atoms with van der Waals surface area (Å²) in [5.41, 5.74) is 0.0201. The molecule has 1 aliphatic heterocycles. The monoisotopic (exact) mass is 394 g/mol. The zero-order valence-corrected chi connectivity index (χ0v) is 16.3. The molecule has 2 aromatic heterocycles. The fourth-order valence-corrected chi connectivity index (χ4v) is 4.40. The lowest BCUT2D eigenvalue weighted by atomic mass is 10.2. The molecule has 2 N–H and O–H groups in total. The van der Waals surface area contributed by atoms with Crippen molar-refractivity contribution in [1.82, 2.24) is 19.8 Å². The van der Waals surface area contributed by atoms with Crippen molar-refractivity contribution in [2.45, 2.75) is 20.0 Å². The Hall–Kier alpha value is -2.59. The van der Waals surface area contributed by atoms with Crippen molar-refractivity contribution in [3.63, 3.8) is 0 Å². The number of H-pyrrole nitrogens is 1. The van der Waals surface area contributed by atoms with Crippen LogP contribution < -0.4 is 16.6 Å². The fraction of sp³-hybridized carbons (Fsp3) is 0.471. The Bertz CT molecular complexity index is 1000. The Morgan fingerprint density at radius 1 is 1.33 bits per heavy atom. The second-order valence-corrected chi connectivity index (χ2v) is 7.22. The maximum Gasteiger partial charge on any atom is 0.334 e. The van der Waals surface area contributed by atoms with Crippen molar-refractivity contribution in [2.75, 3.05) is 33.9 Å². The van der Waals surface area contributed by atoms with Gasteiger partial charge >= 0.3 is 11.7 Å². The van der Waals surface area contributed by atoms with E-state index in [0.29, 0.717) is 42.3 Å². The summed E-state index contributed by atoms with van der Waals surface area (Å²) in [5.74, 6) is 0.256. The van der Waals surface area contributed by atoms with E-state index < -0.39 is 11.7 Å². The average Bonchev–Trinajstić information content (AvgIpc) is 3.20. The molecule has 0 amide bonds. The van der Waals surface area contributed by atoms with Crippen LogP contribution in [-0.4, -0.2) is 54.3 Å². The van der Waals surface area contributed by atoms with Gasteiger partial charge in [-0.15, -0.1) is 11.3 Å². The van der Waals surface area contributed by atoms with Crippen LogP contribution in [0, 0.1) is 6.92 Å². The molecule has 0 bridgehead atoms. The number of fused-ring (bicyclic) bond motifs is 1. The zero-order chi connectivity index (χ0) is 19.6. The molecule has 9 nitrogen and oxygen atoms in total. The third kappa shape index (κ3) is 3.76. The highest BCUT2D eigenvalue weighted by molar-refractivity contribution is 7.18. The molecule has 2 aromatic rings. The molecule has 3 rings (SSSR count). The van der Waals surface area contributed by atoms with E-state index in [1.807, 2.05) is 11.8 Å². The van der Waals surface area contributed by atoms with E-state index >= 15 is 0 Å². The van der Waals surface area contributed by atoms with Crippen LogP contribution in [0.5, 0.6) is 0 Å². The molecule has 0 unspecified atom stereocenters. The third-order valence-corrected chi connectivity index (χ3v) is 5.80. The molecule has 3 heterocycles. The lowest BCUT2D eigenvalue weighted by molar-refractivity contribution is -0.135. The maximum atomic E-state index is 12.4. The molecule has 1 saturated heterocycles. The first-order valence-corrected chi connectivity index (χ1v) is 9.30. The first kappa shape index (κ1) is 19.2. The number of methoxy groups -OCH3 is 2. The number of ether oxygens (including phenoxy) is 2. The summed E-state index contributed by atoms with van der Waals surface area (Å²) in [7, 11) is 2.90. The van der Waals surface area contributed by atoms with E-state index in [0.717, 1.165) is 17.0 Å². The van der Waals surface area contributed by atoms with Gasteiger partial charge in [0.05, 0.1) is 38.3 Å². The summed E-state index contributed by atoms with van der Waals surface area (Å²) in [6.07, 6.45) is 1.41. The smallest absolute Gasteiger partial charge is 0.334 e. The van der Waals surface area contributed by atoms with Crippen LogP contribution in [-0.2, 0) is 27.4 Å². The Kier molecular flexibility index (Phi) is 5.66. The lowest BCUT2D eigenvalue weighted by Crippen LogP contribution is -2.30. The van der Waals surface area contributed by atoms with Gasteiger partial charge in [0.25, 0.3) is 5.56 Å². The minimum absolute atomic E-state index is 0.362. The van der Waals surface area contributed by atoms with Crippen LogP contribution in [0.25, 0.3) is 10.2 Å². The van der Waals surface area contributed by atoms with Crippen molar-refractivity contribution >= 4 is 27.5 Å². The second-order valence-electron chi connectivity index (χ2n) is 6.14. The normalized spacial score (nSPS) is 15.5. The van der Waals surface area contributed by atoms with Gasteiger partial charge in [-0.2, -0.15) is 0 Å². The quantitative estimate of drug-likeness (QED) is 0.530. The van der Waals surface area contributed by atoms with E-state index in [-0.39, 0.29) is 5.56 Å². The number of aromatic nitrogens is 2. The van der Waals surface area contributed by atoms with E-state index in [1.54, 1.807) is 7.11 Å². The van der Waals surface area contributed by atoms with Gasteiger partial charge in [-0.1, -0.05) is 0 Å². The van der Waals surface area contributed by atoms with Gasteiger partial charge in [0, 0.05) is 25.1 Å². The van der Waals surface area contributed by atoms with Gasteiger partial charge in [0.2, 0.25) is 0 Å². The van der Waals surface area contributed by atoms with Crippen LogP contribution in [0.15, 0.2) is 21.5 Å². The maximum absolute atomic E-state index is 12.4. The molecule has 0 aliphatic carbocycles. The van der Waals surface area contributed by atoms with Crippen LogP contribution in [0.4, 0.5) is 0 Å². The fourth-order valence-electron chi connectivity index (χ4n) is 3.06. The first-order chi connectivity index (χ1) is 13.0. The average molecular weight is 394 g/mol. The standard InChI is InChI=1S/C17H22N4O5S/c1-10-11(9-20-5-4-18-12(20)8-13(22)26-3)27-16-14(10)15(23)19-17(24)21(16)6-7-25-2/h8,18H,4-7,9H2,1-3H3,(H,19,23,24)/b12-8+. The highest BCUT2D eigenvalue weighted by Gasteiger charge is 2.22. The van der Waals surface area contributed by atoms with Crippen LogP contribution in [0.3, 0.4) is 0 Å². The number of hydrogen-bond acceptors (Lipinski definition) is 8. The number of esters is 1. The van der Waals surface area contributed by atoms with Crippen LogP contribution in [0.1, 0.15) is 10.4 Å². The van der Waals surface area contributed by atoms with Crippen molar-refractivity contribution in [1.29, 1.82) is 0 Å². The molecule has 146 valence electrons. The van der Waals surface area contributed by atoms with E-state index in [4.69, 9.17) is 4.74 Å². The van der Waals surface area contributed by atoms with Gasteiger partial charge in [-0.05, 0) is 12.5 Å². The molecule has 0 atom stereocenters. The molecule has 1 aliphatic rings. The Morgan fingerprint density at radius 2 is 2.11 bits per heavy atom. The van der Waals surface area contributed by atoms with Crippen molar-refractivity contribution < 1.29 is 14.3 Å². The highest BCUT2D eigenvalue weighted by Crippen LogP contribution is 2.29.